The lowest BCUT2D eigenvalue weighted by molar-refractivity contribution is 0.102. The summed E-state index contributed by atoms with van der Waals surface area (Å²) in [5, 5.41) is 3.37. The highest BCUT2D eigenvalue weighted by atomic mass is 19.1. The van der Waals surface area contributed by atoms with E-state index < -0.39 is 23.1 Å². The molecule has 0 aliphatic rings. The van der Waals surface area contributed by atoms with Gasteiger partial charge in [0.1, 0.15) is 11.6 Å². The molecular weight excluding hydrogens is 418 g/mol. The van der Waals surface area contributed by atoms with E-state index in [2.05, 4.69) is 5.32 Å². The quantitative estimate of drug-likeness (QED) is 0.499. The molecule has 0 saturated heterocycles. The van der Waals surface area contributed by atoms with Gasteiger partial charge in [0.05, 0.1) is 25.5 Å². The summed E-state index contributed by atoms with van der Waals surface area (Å²) in [6.45, 7) is 0. The van der Waals surface area contributed by atoms with Crippen LogP contribution in [0.2, 0.25) is 0 Å². The highest BCUT2D eigenvalue weighted by molar-refractivity contribution is 6.12. The molecule has 0 spiro atoms. The SMILES string of the molecule is COc1ccc(NC(=O)c2cn(-c3ccc(F)cc3F)c(=O)c3ccccc23)cc1OC. The molecule has 1 N–H and O–H groups in total. The van der Waals surface area contributed by atoms with E-state index in [1.54, 1.807) is 42.5 Å². The molecule has 0 atom stereocenters. The first kappa shape index (κ1) is 21.0. The van der Waals surface area contributed by atoms with E-state index in [9.17, 15) is 18.4 Å². The first-order chi connectivity index (χ1) is 15.4. The lowest BCUT2D eigenvalue weighted by atomic mass is 10.1. The Bertz CT molecular complexity index is 1400. The summed E-state index contributed by atoms with van der Waals surface area (Å²) in [6, 6.07) is 14.3. The molecular formula is C24H18F2N2O4. The third kappa shape index (κ3) is 3.78. The van der Waals surface area contributed by atoms with Crippen LogP contribution in [-0.4, -0.2) is 24.7 Å². The predicted octanol–water partition coefficient (Wildman–Crippen LogP) is 4.54. The van der Waals surface area contributed by atoms with Crippen molar-refractivity contribution in [2.45, 2.75) is 0 Å². The minimum Gasteiger partial charge on any atom is -0.493 e. The maximum Gasteiger partial charge on any atom is 0.263 e. The summed E-state index contributed by atoms with van der Waals surface area (Å²) in [4.78, 5) is 26.2. The van der Waals surface area contributed by atoms with Gasteiger partial charge in [-0.25, -0.2) is 8.78 Å². The van der Waals surface area contributed by atoms with Gasteiger partial charge < -0.3 is 14.8 Å². The number of nitrogens with one attached hydrogen (secondary N) is 1. The maximum atomic E-state index is 14.4. The molecule has 0 aliphatic heterocycles. The number of aromatic nitrogens is 1. The second-order valence-electron chi connectivity index (χ2n) is 6.88. The first-order valence-electron chi connectivity index (χ1n) is 9.56. The van der Waals surface area contributed by atoms with Crippen LogP contribution in [0.25, 0.3) is 16.5 Å². The fourth-order valence-corrected chi connectivity index (χ4v) is 3.44. The van der Waals surface area contributed by atoms with Crippen molar-refractivity contribution in [2.75, 3.05) is 19.5 Å². The van der Waals surface area contributed by atoms with Crippen LogP contribution in [0, 0.1) is 11.6 Å². The molecule has 8 heteroatoms. The van der Waals surface area contributed by atoms with Crippen LogP contribution in [0.4, 0.5) is 14.5 Å². The maximum absolute atomic E-state index is 14.4. The topological polar surface area (TPSA) is 69.6 Å². The van der Waals surface area contributed by atoms with Crippen LogP contribution in [-0.2, 0) is 0 Å². The van der Waals surface area contributed by atoms with Crippen LogP contribution in [0.5, 0.6) is 11.5 Å². The van der Waals surface area contributed by atoms with E-state index >= 15 is 0 Å². The minimum absolute atomic E-state index is 0.138. The van der Waals surface area contributed by atoms with Crippen LogP contribution in [0.1, 0.15) is 10.4 Å². The van der Waals surface area contributed by atoms with Crippen molar-refractivity contribution >= 4 is 22.4 Å². The Morgan fingerprint density at radius 2 is 1.62 bits per heavy atom. The minimum atomic E-state index is -0.923. The molecule has 1 amide bonds. The molecule has 6 nitrogen and oxygen atoms in total. The smallest absolute Gasteiger partial charge is 0.263 e. The average molecular weight is 436 g/mol. The van der Waals surface area contributed by atoms with Crippen LogP contribution >= 0.6 is 0 Å². The zero-order valence-corrected chi connectivity index (χ0v) is 17.2. The Kier molecular flexibility index (Phi) is 5.59. The number of nitrogens with zero attached hydrogens (tertiary/aromatic N) is 1. The first-order valence-corrected chi connectivity index (χ1v) is 9.56. The number of carbonyl (C=O) groups is 1. The van der Waals surface area contributed by atoms with Gasteiger partial charge in [-0.2, -0.15) is 0 Å². The predicted molar refractivity (Wildman–Crippen MR) is 117 cm³/mol. The molecule has 32 heavy (non-hydrogen) atoms. The molecule has 0 radical (unpaired) electrons. The lowest BCUT2D eigenvalue weighted by Crippen LogP contribution is -2.23. The molecule has 0 unspecified atom stereocenters. The van der Waals surface area contributed by atoms with E-state index in [0.29, 0.717) is 28.6 Å². The number of halogens is 2. The number of carbonyl (C=O) groups excluding carboxylic acids is 1. The normalized spacial score (nSPS) is 10.8. The number of pyridine rings is 1. The van der Waals surface area contributed by atoms with Gasteiger partial charge in [0.2, 0.25) is 0 Å². The zero-order chi connectivity index (χ0) is 22.8. The fraction of sp³-hybridized carbons (Fsp3) is 0.0833. The fourth-order valence-electron chi connectivity index (χ4n) is 3.44. The summed E-state index contributed by atoms with van der Waals surface area (Å²) in [5.74, 6) is -1.30. The van der Waals surface area contributed by atoms with Gasteiger partial charge in [0.15, 0.2) is 11.5 Å². The van der Waals surface area contributed by atoms with Crippen molar-refractivity contribution in [1.29, 1.82) is 0 Å². The summed E-state index contributed by atoms with van der Waals surface area (Å²) in [6.07, 6.45) is 1.25. The van der Waals surface area contributed by atoms with Crippen molar-refractivity contribution in [2.24, 2.45) is 0 Å². The monoisotopic (exact) mass is 436 g/mol. The van der Waals surface area contributed by atoms with E-state index in [0.717, 1.165) is 16.7 Å². The zero-order valence-electron chi connectivity index (χ0n) is 17.2. The van der Waals surface area contributed by atoms with E-state index in [4.69, 9.17) is 9.47 Å². The average Bonchev–Trinajstić information content (AvgIpc) is 2.80. The molecule has 1 heterocycles. The number of hydrogen-bond acceptors (Lipinski definition) is 4. The standard InChI is InChI=1S/C24H18F2N2O4/c1-31-21-10-8-15(12-22(21)32-2)27-23(29)18-13-28(20-9-7-14(25)11-19(20)26)24(30)17-6-4-3-5-16(17)18/h3-13H,1-2H3,(H,27,29). The van der Waals surface area contributed by atoms with Crippen molar-refractivity contribution in [3.8, 4) is 17.2 Å². The largest absolute Gasteiger partial charge is 0.493 e. The molecule has 0 saturated carbocycles. The second kappa shape index (κ2) is 8.50. The van der Waals surface area contributed by atoms with Gasteiger partial charge in [-0.05, 0) is 30.3 Å². The number of rotatable bonds is 5. The third-order valence-electron chi connectivity index (χ3n) is 4.98. The van der Waals surface area contributed by atoms with Gasteiger partial charge in [-0.1, -0.05) is 18.2 Å². The Morgan fingerprint density at radius 1 is 0.906 bits per heavy atom. The highest BCUT2D eigenvalue weighted by Gasteiger charge is 2.18. The Morgan fingerprint density at radius 3 is 2.31 bits per heavy atom. The molecule has 162 valence electrons. The Balaban J connectivity index is 1.84. The summed E-state index contributed by atoms with van der Waals surface area (Å²) >= 11 is 0. The van der Waals surface area contributed by atoms with Crippen LogP contribution < -0.4 is 20.3 Å². The van der Waals surface area contributed by atoms with Crippen molar-refractivity contribution in [1.82, 2.24) is 4.57 Å². The lowest BCUT2D eigenvalue weighted by Gasteiger charge is -2.14. The van der Waals surface area contributed by atoms with Crippen molar-refractivity contribution in [3.63, 3.8) is 0 Å². The van der Waals surface area contributed by atoms with Gasteiger partial charge in [-0.15, -0.1) is 0 Å². The van der Waals surface area contributed by atoms with Crippen molar-refractivity contribution < 1.29 is 23.0 Å². The van der Waals surface area contributed by atoms with Crippen molar-refractivity contribution in [3.05, 3.63) is 94.4 Å². The second-order valence-corrected chi connectivity index (χ2v) is 6.88. The number of methoxy groups -OCH3 is 2. The molecule has 4 rings (SSSR count). The highest BCUT2D eigenvalue weighted by Crippen LogP contribution is 2.30. The molecule has 0 aliphatic carbocycles. The van der Waals surface area contributed by atoms with Gasteiger partial charge in [-0.3, -0.25) is 14.2 Å². The number of amides is 1. The number of fused-ring (bicyclic) bond motifs is 1. The Hall–Kier alpha value is -4.20. The number of anilines is 1. The van der Waals surface area contributed by atoms with E-state index in [-0.39, 0.29) is 16.6 Å². The molecule has 0 bridgehead atoms. The number of hydrogen-bond donors (Lipinski definition) is 1. The van der Waals surface area contributed by atoms with E-state index in [1.165, 1.54) is 20.4 Å². The number of ether oxygens (including phenoxy) is 2. The van der Waals surface area contributed by atoms with Gasteiger partial charge >= 0.3 is 0 Å². The van der Waals surface area contributed by atoms with E-state index in [1.807, 2.05) is 0 Å². The van der Waals surface area contributed by atoms with Crippen LogP contribution in [0.3, 0.4) is 0 Å². The summed E-state index contributed by atoms with van der Waals surface area (Å²) < 4.78 is 39.3. The van der Waals surface area contributed by atoms with Crippen LogP contribution in [0.15, 0.2) is 71.7 Å². The Labute approximate surface area is 181 Å². The number of benzene rings is 3. The summed E-state index contributed by atoms with van der Waals surface area (Å²) in [7, 11) is 2.98. The van der Waals surface area contributed by atoms with Gasteiger partial charge in [0.25, 0.3) is 11.5 Å². The molecule has 1 aromatic heterocycles. The summed E-state index contributed by atoms with van der Waals surface area (Å²) in [5.41, 5.74) is -0.128. The molecule has 0 fully saturated rings. The molecule has 3 aromatic carbocycles. The third-order valence-corrected chi connectivity index (χ3v) is 4.98. The van der Waals surface area contributed by atoms with Gasteiger partial charge in [0, 0.05) is 34.8 Å². The molecule has 4 aromatic rings.